The SMILES string of the molecule is Cc1nc(CN2CC[C@](O)(c3cccc(Cl)c3)C[C@@H]2C)c[nH]1. The molecule has 2 N–H and O–H groups in total. The Hall–Kier alpha value is -1.36. The number of likely N-dealkylation sites (tertiary alicyclic amines) is 1. The molecule has 2 aromatic rings. The Morgan fingerprint density at radius 2 is 2.32 bits per heavy atom. The molecule has 0 radical (unpaired) electrons. The number of hydrogen-bond acceptors (Lipinski definition) is 3. The highest BCUT2D eigenvalue weighted by Gasteiger charge is 2.37. The van der Waals surface area contributed by atoms with Crippen LogP contribution in [0.2, 0.25) is 5.02 Å². The van der Waals surface area contributed by atoms with Crippen molar-refractivity contribution in [3.63, 3.8) is 0 Å². The van der Waals surface area contributed by atoms with Crippen LogP contribution in [0.4, 0.5) is 0 Å². The van der Waals surface area contributed by atoms with Crippen LogP contribution in [0.5, 0.6) is 0 Å². The smallest absolute Gasteiger partial charge is 0.103 e. The molecule has 1 saturated heterocycles. The normalized spacial score (nSPS) is 26.3. The molecule has 0 amide bonds. The van der Waals surface area contributed by atoms with E-state index in [0.717, 1.165) is 30.2 Å². The van der Waals surface area contributed by atoms with Gasteiger partial charge in [0.1, 0.15) is 5.82 Å². The van der Waals surface area contributed by atoms with E-state index in [1.54, 1.807) is 0 Å². The number of aromatic nitrogens is 2. The van der Waals surface area contributed by atoms with E-state index in [0.29, 0.717) is 17.9 Å². The molecule has 0 aliphatic carbocycles. The van der Waals surface area contributed by atoms with Crippen LogP contribution < -0.4 is 0 Å². The highest BCUT2D eigenvalue weighted by molar-refractivity contribution is 6.30. The van der Waals surface area contributed by atoms with Gasteiger partial charge in [-0.2, -0.15) is 0 Å². The van der Waals surface area contributed by atoms with Crippen LogP contribution in [-0.4, -0.2) is 32.6 Å². The molecule has 0 bridgehead atoms. The molecule has 1 aliphatic rings. The first kappa shape index (κ1) is 15.5. The third-order valence-corrected chi connectivity index (χ3v) is 4.79. The number of H-pyrrole nitrogens is 1. The highest BCUT2D eigenvalue weighted by Crippen LogP contribution is 2.37. The van der Waals surface area contributed by atoms with Crippen molar-refractivity contribution in [2.24, 2.45) is 0 Å². The summed E-state index contributed by atoms with van der Waals surface area (Å²) in [6.45, 7) is 5.78. The second-order valence-electron chi connectivity index (χ2n) is 6.29. The van der Waals surface area contributed by atoms with Crippen molar-refractivity contribution in [2.45, 2.75) is 44.9 Å². The Kier molecular flexibility index (Phi) is 4.26. The third-order valence-electron chi connectivity index (χ3n) is 4.56. The van der Waals surface area contributed by atoms with E-state index in [-0.39, 0.29) is 6.04 Å². The number of benzene rings is 1. The van der Waals surface area contributed by atoms with Crippen LogP contribution in [0.1, 0.15) is 36.8 Å². The third kappa shape index (κ3) is 3.19. The molecule has 1 aromatic heterocycles. The van der Waals surface area contributed by atoms with E-state index in [1.807, 2.05) is 37.4 Å². The number of nitrogens with zero attached hydrogens (tertiary/aromatic N) is 2. The number of imidazole rings is 1. The monoisotopic (exact) mass is 319 g/mol. The number of aliphatic hydroxyl groups is 1. The number of aromatic amines is 1. The summed E-state index contributed by atoms with van der Waals surface area (Å²) < 4.78 is 0. The van der Waals surface area contributed by atoms with E-state index in [9.17, 15) is 5.11 Å². The van der Waals surface area contributed by atoms with Gasteiger partial charge < -0.3 is 10.1 Å². The van der Waals surface area contributed by atoms with Gasteiger partial charge in [-0.15, -0.1) is 0 Å². The number of piperidine rings is 1. The molecule has 3 rings (SSSR count). The van der Waals surface area contributed by atoms with Gasteiger partial charge in [-0.1, -0.05) is 23.7 Å². The molecular weight excluding hydrogens is 298 g/mol. The lowest BCUT2D eigenvalue weighted by molar-refractivity contribution is -0.0504. The maximum Gasteiger partial charge on any atom is 0.103 e. The molecule has 4 nitrogen and oxygen atoms in total. The van der Waals surface area contributed by atoms with Crippen LogP contribution in [-0.2, 0) is 12.1 Å². The number of halogens is 1. The Balaban J connectivity index is 1.71. The van der Waals surface area contributed by atoms with E-state index < -0.39 is 5.60 Å². The quantitative estimate of drug-likeness (QED) is 0.913. The van der Waals surface area contributed by atoms with Gasteiger partial charge in [-0.05, 0) is 44.4 Å². The average Bonchev–Trinajstić information content (AvgIpc) is 2.88. The van der Waals surface area contributed by atoms with Crippen LogP contribution in [0.25, 0.3) is 0 Å². The minimum Gasteiger partial charge on any atom is -0.385 e. The molecule has 118 valence electrons. The molecule has 1 aliphatic heterocycles. The molecule has 0 unspecified atom stereocenters. The maximum atomic E-state index is 11.0. The largest absolute Gasteiger partial charge is 0.385 e. The molecule has 22 heavy (non-hydrogen) atoms. The second-order valence-corrected chi connectivity index (χ2v) is 6.73. The van der Waals surface area contributed by atoms with Crippen LogP contribution in [0, 0.1) is 6.92 Å². The fourth-order valence-electron chi connectivity index (χ4n) is 3.30. The second kappa shape index (κ2) is 6.03. The minimum atomic E-state index is -0.789. The van der Waals surface area contributed by atoms with E-state index in [4.69, 9.17) is 11.6 Å². The van der Waals surface area contributed by atoms with E-state index in [2.05, 4.69) is 21.8 Å². The predicted molar refractivity (Wildman–Crippen MR) is 87.8 cm³/mol. The predicted octanol–water partition coefficient (Wildman–Crippen LogP) is 3.24. The Bertz CT molecular complexity index is 657. The Labute approximate surface area is 136 Å². The molecule has 1 aromatic carbocycles. The fourth-order valence-corrected chi connectivity index (χ4v) is 3.49. The summed E-state index contributed by atoms with van der Waals surface area (Å²) in [7, 11) is 0. The lowest BCUT2D eigenvalue weighted by Crippen LogP contribution is -2.47. The number of rotatable bonds is 3. The van der Waals surface area contributed by atoms with Gasteiger partial charge in [-0.3, -0.25) is 4.90 Å². The molecule has 0 spiro atoms. The van der Waals surface area contributed by atoms with Gasteiger partial charge in [-0.25, -0.2) is 4.98 Å². The number of aryl methyl sites for hydroxylation is 1. The fraction of sp³-hybridized carbons (Fsp3) is 0.471. The zero-order chi connectivity index (χ0) is 15.7. The van der Waals surface area contributed by atoms with Crippen LogP contribution in [0.3, 0.4) is 0 Å². The molecule has 0 saturated carbocycles. The summed E-state index contributed by atoms with van der Waals surface area (Å²) in [5.41, 5.74) is 1.18. The molecule has 5 heteroatoms. The van der Waals surface area contributed by atoms with E-state index in [1.165, 1.54) is 0 Å². The Morgan fingerprint density at radius 3 is 2.95 bits per heavy atom. The molecule has 2 atom stereocenters. The summed E-state index contributed by atoms with van der Waals surface area (Å²) in [4.78, 5) is 9.96. The van der Waals surface area contributed by atoms with Crippen molar-refractivity contribution < 1.29 is 5.11 Å². The van der Waals surface area contributed by atoms with Crippen molar-refractivity contribution in [2.75, 3.05) is 6.54 Å². The first-order valence-corrected chi connectivity index (χ1v) is 8.07. The maximum absolute atomic E-state index is 11.0. The van der Waals surface area contributed by atoms with E-state index >= 15 is 0 Å². The number of hydrogen-bond donors (Lipinski definition) is 2. The molecule has 2 heterocycles. The number of nitrogens with one attached hydrogen (secondary N) is 1. The Morgan fingerprint density at radius 1 is 1.50 bits per heavy atom. The summed E-state index contributed by atoms with van der Waals surface area (Å²) in [6.07, 6.45) is 3.37. The molecule has 1 fully saturated rings. The zero-order valence-corrected chi connectivity index (χ0v) is 13.8. The van der Waals surface area contributed by atoms with Crippen LogP contribution in [0.15, 0.2) is 30.5 Å². The van der Waals surface area contributed by atoms with Gasteiger partial charge in [0.2, 0.25) is 0 Å². The highest BCUT2D eigenvalue weighted by atomic mass is 35.5. The summed E-state index contributed by atoms with van der Waals surface area (Å²) in [5, 5.41) is 11.7. The first-order chi connectivity index (χ1) is 10.5. The summed E-state index contributed by atoms with van der Waals surface area (Å²) in [5.74, 6) is 0.940. The van der Waals surface area contributed by atoms with Gasteiger partial charge in [0.15, 0.2) is 0 Å². The van der Waals surface area contributed by atoms with Crippen molar-refractivity contribution >= 4 is 11.6 Å². The average molecular weight is 320 g/mol. The first-order valence-electron chi connectivity index (χ1n) is 7.70. The van der Waals surface area contributed by atoms with Crippen molar-refractivity contribution in [3.8, 4) is 0 Å². The van der Waals surface area contributed by atoms with Gasteiger partial charge >= 0.3 is 0 Å². The zero-order valence-electron chi connectivity index (χ0n) is 13.0. The van der Waals surface area contributed by atoms with Crippen molar-refractivity contribution in [1.82, 2.24) is 14.9 Å². The summed E-state index contributed by atoms with van der Waals surface area (Å²) >= 11 is 6.07. The van der Waals surface area contributed by atoms with Crippen molar-refractivity contribution in [3.05, 3.63) is 52.6 Å². The lowest BCUT2D eigenvalue weighted by Gasteiger charge is -2.42. The lowest BCUT2D eigenvalue weighted by atomic mass is 9.81. The van der Waals surface area contributed by atoms with Gasteiger partial charge in [0, 0.05) is 30.4 Å². The van der Waals surface area contributed by atoms with Gasteiger partial charge in [0.05, 0.1) is 11.3 Å². The van der Waals surface area contributed by atoms with Crippen LogP contribution >= 0.6 is 11.6 Å². The van der Waals surface area contributed by atoms with Crippen molar-refractivity contribution in [1.29, 1.82) is 0 Å². The topological polar surface area (TPSA) is 52.1 Å². The molecular formula is C17H22ClN3O. The summed E-state index contributed by atoms with van der Waals surface area (Å²) in [6, 6.07) is 7.87. The van der Waals surface area contributed by atoms with Gasteiger partial charge in [0.25, 0.3) is 0 Å². The standard InChI is InChI=1S/C17H22ClN3O/c1-12-9-17(22,14-4-3-5-15(18)8-14)6-7-21(12)11-16-10-19-13(2)20-16/h3-5,8,10,12,22H,6-7,9,11H2,1-2H3,(H,19,20)/t12-,17+/m0/s1. The minimum absolute atomic E-state index is 0.287.